The van der Waals surface area contributed by atoms with Crippen molar-refractivity contribution in [3.8, 4) is 17.6 Å². The number of benzene rings is 1. The van der Waals surface area contributed by atoms with E-state index in [1.54, 1.807) is 0 Å². The second kappa shape index (κ2) is 5.79. The van der Waals surface area contributed by atoms with Gasteiger partial charge in [-0.3, -0.25) is 0 Å². The zero-order valence-corrected chi connectivity index (χ0v) is 8.90. The van der Waals surface area contributed by atoms with Crippen molar-refractivity contribution in [3.05, 3.63) is 35.9 Å². The summed E-state index contributed by atoms with van der Waals surface area (Å²) in [6, 6.07) is 5.72. The molecule has 1 aromatic rings. The first kappa shape index (κ1) is 12.1. The van der Waals surface area contributed by atoms with Crippen LogP contribution in [0.15, 0.2) is 30.4 Å². The van der Waals surface area contributed by atoms with Crippen LogP contribution in [0.2, 0.25) is 0 Å². The minimum absolute atomic E-state index is 0.209. The van der Waals surface area contributed by atoms with Crippen LogP contribution in [0.1, 0.15) is 12.0 Å². The van der Waals surface area contributed by atoms with E-state index in [1.807, 2.05) is 6.07 Å². The molecule has 0 aromatic heterocycles. The molecule has 4 nitrogen and oxygen atoms in total. The quantitative estimate of drug-likeness (QED) is 0.455. The Morgan fingerprint density at radius 2 is 2.06 bits per heavy atom. The van der Waals surface area contributed by atoms with Crippen LogP contribution in [-0.4, -0.2) is 23.3 Å². The lowest BCUT2D eigenvalue weighted by molar-refractivity contribution is 0.403. The molecule has 1 saturated heterocycles. The van der Waals surface area contributed by atoms with Gasteiger partial charge in [-0.25, -0.2) is 0 Å². The van der Waals surface area contributed by atoms with Crippen molar-refractivity contribution >= 4 is 0 Å². The Bertz CT molecular complexity index is 414. The SMILES string of the molecule is C=C1CCNC1.N#Cc1ccc(O)c(O)c1. The zero-order valence-electron chi connectivity index (χ0n) is 8.90. The summed E-state index contributed by atoms with van der Waals surface area (Å²) in [5, 5.41) is 29.1. The molecule has 3 N–H and O–H groups in total. The second-order valence-electron chi connectivity index (χ2n) is 3.49. The van der Waals surface area contributed by atoms with Gasteiger partial charge in [0.15, 0.2) is 11.5 Å². The minimum atomic E-state index is -0.265. The summed E-state index contributed by atoms with van der Waals surface area (Å²) < 4.78 is 0. The Balaban J connectivity index is 0.000000181. The molecule has 16 heavy (non-hydrogen) atoms. The van der Waals surface area contributed by atoms with Crippen LogP contribution in [0.4, 0.5) is 0 Å². The summed E-state index contributed by atoms with van der Waals surface area (Å²) in [6.07, 6.45) is 1.18. The summed E-state index contributed by atoms with van der Waals surface area (Å²) in [5.74, 6) is -0.474. The first-order chi connectivity index (χ1) is 7.63. The van der Waals surface area contributed by atoms with Gasteiger partial charge in [-0.1, -0.05) is 12.2 Å². The van der Waals surface area contributed by atoms with E-state index in [0.717, 1.165) is 13.1 Å². The molecule has 1 heterocycles. The lowest BCUT2D eigenvalue weighted by Gasteiger charge is -1.94. The fourth-order valence-electron chi connectivity index (χ4n) is 1.21. The van der Waals surface area contributed by atoms with E-state index in [9.17, 15) is 0 Å². The molecule has 1 fully saturated rings. The van der Waals surface area contributed by atoms with Crippen molar-refractivity contribution in [2.75, 3.05) is 13.1 Å². The van der Waals surface area contributed by atoms with E-state index in [4.69, 9.17) is 15.5 Å². The predicted octanol–water partition coefficient (Wildman–Crippen LogP) is 1.51. The molecule has 84 valence electrons. The van der Waals surface area contributed by atoms with Crippen LogP contribution in [0.5, 0.6) is 11.5 Å². The van der Waals surface area contributed by atoms with Crippen LogP contribution >= 0.6 is 0 Å². The fraction of sp³-hybridized carbons (Fsp3) is 0.250. The molecule has 0 aliphatic carbocycles. The third kappa shape index (κ3) is 3.64. The summed E-state index contributed by atoms with van der Waals surface area (Å²) in [4.78, 5) is 0. The topological polar surface area (TPSA) is 76.3 Å². The summed E-state index contributed by atoms with van der Waals surface area (Å²) in [5.41, 5.74) is 1.67. The van der Waals surface area contributed by atoms with Crippen LogP contribution in [0.3, 0.4) is 0 Å². The number of nitriles is 1. The Labute approximate surface area is 94.5 Å². The molecule has 1 aliphatic heterocycles. The number of hydrogen-bond donors (Lipinski definition) is 3. The first-order valence-corrected chi connectivity index (χ1v) is 4.93. The van der Waals surface area contributed by atoms with E-state index in [2.05, 4.69) is 11.9 Å². The molecular weight excluding hydrogens is 204 g/mol. The van der Waals surface area contributed by atoms with Crippen LogP contribution in [0, 0.1) is 11.3 Å². The molecule has 0 radical (unpaired) electrons. The highest BCUT2D eigenvalue weighted by Crippen LogP contribution is 2.24. The number of phenolic OH excluding ortho intramolecular Hbond substituents is 2. The van der Waals surface area contributed by atoms with Gasteiger partial charge in [0.2, 0.25) is 0 Å². The van der Waals surface area contributed by atoms with Crippen LogP contribution in [-0.2, 0) is 0 Å². The van der Waals surface area contributed by atoms with Crippen LogP contribution < -0.4 is 5.32 Å². The maximum Gasteiger partial charge on any atom is 0.158 e. The van der Waals surface area contributed by atoms with Crippen molar-refractivity contribution < 1.29 is 10.2 Å². The average Bonchev–Trinajstić information content (AvgIpc) is 2.74. The highest BCUT2D eigenvalue weighted by atomic mass is 16.3. The Morgan fingerprint density at radius 3 is 2.44 bits per heavy atom. The summed E-state index contributed by atoms with van der Waals surface area (Å²) in [7, 11) is 0. The van der Waals surface area contributed by atoms with E-state index >= 15 is 0 Å². The Kier molecular flexibility index (Phi) is 4.37. The molecule has 1 aliphatic rings. The largest absolute Gasteiger partial charge is 0.504 e. The van der Waals surface area contributed by atoms with Crippen LogP contribution in [0.25, 0.3) is 0 Å². The van der Waals surface area contributed by atoms with Gasteiger partial charge in [-0.15, -0.1) is 0 Å². The van der Waals surface area contributed by atoms with Crippen molar-refractivity contribution in [3.63, 3.8) is 0 Å². The third-order valence-corrected chi connectivity index (χ3v) is 2.13. The molecule has 2 rings (SSSR count). The third-order valence-electron chi connectivity index (χ3n) is 2.13. The molecular formula is C12H14N2O2. The summed E-state index contributed by atoms with van der Waals surface area (Å²) >= 11 is 0. The van der Waals surface area contributed by atoms with Gasteiger partial charge in [-0.2, -0.15) is 5.26 Å². The van der Waals surface area contributed by atoms with Gasteiger partial charge >= 0.3 is 0 Å². The summed E-state index contributed by atoms with van der Waals surface area (Å²) in [6.45, 7) is 5.97. The lowest BCUT2D eigenvalue weighted by atomic mass is 10.2. The molecule has 0 unspecified atom stereocenters. The fourth-order valence-corrected chi connectivity index (χ4v) is 1.21. The van der Waals surface area contributed by atoms with Gasteiger partial charge in [0.05, 0.1) is 11.6 Å². The molecule has 4 heteroatoms. The van der Waals surface area contributed by atoms with Crippen molar-refractivity contribution in [2.24, 2.45) is 0 Å². The highest BCUT2D eigenvalue weighted by molar-refractivity contribution is 5.44. The van der Waals surface area contributed by atoms with E-state index < -0.39 is 0 Å². The number of rotatable bonds is 0. The molecule has 0 amide bonds. The number of phenols is 2. The number of nitrogens with zero attached hydrogens (tertiary/aromatic N) is 1. The van der Waals surface area contributed by atoms with E-state index in [1.165, 1.54) is 30.2 Å². The molecule has 0 saturated carbocycles. The highest BCUT2D eigenvalue weighted by Gasteiger charge is 1.99. The van der Waals surface area contributed by atoms with Gasteiger partial charge in [0.25, 0.3) is 0 Å². The number of nitrogens with one attached hydrogen (secondary N) is 1. The molecule has 0 atom stereocenters. The normalized spacial score (nSPS) is 13.8. The van der Waals surface area contributed by atoms with Crippen molar-refractivity contribution in [1.82, 2.24) is 5.32 Å². The van der Waals surface area contributed by atoms with E-state index in [-0.39, 0.29) is 11.5 Å². The minimum Gasteiger partial charge on any atom is -0.504 e. The first-order valence-electron chi connectivity index (χ1n) is 4.93. The molecule has 0 bridgehead atoms. The van der Waals surface area contributed by atoms with Crippen molar-refractivity contribution in [2.45, 2.75) is 6.42 Å². The monoisotopic (exact) mass is 218 g/mol. The van der Waals surface area contributed by atoms with Gasteiger partial charge in [-0.05, 0) is 25.1 Å². The maximum absolute atomic E-state index is 8.83. The maximum atomic E-state index is 8.83. The zero-order chi connectivity index (χ0) is 12.0. The lowest BCUT2D eigenvalue weighted by Crippen LogP contribution is -2.04. The van der Waals surface area contributed by atoms with Gasteiger partial charge in [0, 0.05) is 12.6 Å². The number of hydrogen-bond acceptors (Lipinski definition) is 4. The second-order valence-corrected chi connectivity index (χ2v) is 3.49. The van der Waals surface area contributed by atoms with Gasteiger partial charge < -0.3 is 15.5 Å². The smallest absolute Gasteiger partial charge is 0.158 e. The van der Waals surface area contributed by atoms with Gasteiger partial charge in [0.1, 0.15) is 0 Å². The Morgan fingerprint density at radius 1 is 1.31 bits per heavy atom. The van der Waals surface area contributed by atoms with Crippen molar-refractivity contribution in [1.29, 1.82) is 5.26 Å². The Hall–Kier alpha value is -1.99. The van der Waals surface area contributed by atoms with E-state index in [0.29, 0.717) is 5.56 Å². The average molecular weight is 218 g/mol. The standard InChI is InChI=1S/C7H5NO2.C5H9N/c8-4-5-1-2-6(9)7(10)3-5;1-5-2-3-6-4-5/h1-3,9-10H;6H,1-4H2. The molecule has 1 aromatic carbocycles. The number of aromatic hydroxyl groups is 2. The molecule has 0 spiro atoms. The predicted molar refractivity (Wildman–Crippen MR) is 61.1 cm³/mol.